The van der Waals surface area contributed by atoms with Gasteiger partial charge in [0.05, 0.1) is 32.7 Å². The van der Waals surface area contributed by atoms with Gasteiger partial charge in [-0.2, -0.15) is 0 Å². The number of benzene rings is 3. The molecule has 45 heavy (non-hydrogen) atoms. The van der Waals surface area contributed by atoms with Crippen molar-refractivity contribution in [1.82, 2.24) is 10.2 Å². The molecule has 1 N–H and O–H groups in total. The topological polar surface area (TPSA) is 139 Å². The van der Waals surface area contributed by atoms with Crippen LogP contribution in [0, 0.1) is 23.0 Å². The lowest BCUT2D eigenvalue weighted by atomic mass is 10.1. The van der Waals surface area contributed by atoms with E-state index in [1.807, 2.05) is 13.8 Å². The van der Waals surface area contributed by atoms with Crippen molar-refractivity contribution in [2.24, 2.45) is 5.92 Å². The second kappa shape index (κ2) is 15.4. The second-order valence-corrected chi connectivity index (χ2v) is 13.4. The lowest BCUT2D eigenvalue weighted by Crippen LogP contribution is -2.52. The van der Waals surface area contributed by atoms with Gasteiger partial charge in [-0.05, 0) is 67.3 Å². The van der Waals surface area contributed by atoms with Crippen LogP contribution in [-0.4, -0.2) is 56.3 Å². The zero-order valence-corrected chi connectivity index (χ0v) is 27.9. The molecular weight excluding hydrogens is 643 g/mol. The number of hydrogen-bond donors (Lipinski definition) is 1. The molecule has 0 bridgehead atoms. The van der Waals surface area contributed by atoms with E-state index in [-0.39, 0.29) is 45.7 Å². The first-order valence-corrected chi connectivity index (χ1v) is 16.3. The first kappa shape index (κ1) is 35.6. The minimum atomic E-state index is -4.53. The highest BCUT2D eigenvalue weighted by atomic mass is 35.5. The predicted octanol–water partition coefficient (Wildman–Crippen LogP) is 5.99. The number of anilines is 1. The van der Waals surface area contributed by atoms with Crippen molar-refractivity contribution in [3.8, 4) is 5.75 Å². The zero-order chi connectivity index (χ0) is 33.5. The zero-order valence-electron chi connectivity index (χ0n) is 25.6. The maximum atomic E-state index is 14.2. The van der Waals surface area contributed by atoms with Gasteiger partial charge >= 0.3 is 0 Å². The third-order valence-corrected chi connectivity index (χ3v) is 9.52. The van der Waals surface area contributed by atoms with Crippen LogP contribution in [0.2, 0.25) is 10.0 Å². The average molecular weight is 680 g/mol. The van der Waals surface area contributed by atoms with Crippen LogP contribution in [0.25, 0.3) is 0 Å². The Morgan fingerprint density at radius 1 is 1.02 bits per heavy atom. The molecule has 0 spiro atoms. The smallest absolute Gasteiger partial charge is 0.273 e. The van der Waals surface area contributed by atoms with Gasteiger partial charge in [-0.25, -0.2) is 8.42 Å². The van der Waals surface area contributed by atoms with Crippen LogP contribution in [0.1, 0.15) is 38.3 Å². The molecule has 3 aromatic carbocycles. The molecule has 0 radical (unpaired) electrons. The number of halogens is 2. The summed E-state index contributed by atoms with van der Waals surface area (Å²) in [4.78, 5) is 39.4. The molecule has 14 heteroatoms. The number of carbonyl (C=O) groups is 2. The van der Waals surface area contributed by atoms with E-state index in [0.717, 1.165) is 10.4 Å². The highest BCUT2D eigenvalue weighted by molar-refractivity contribution is 7.92. The summed E-state index contributed by atoms with van der Waals surface area (Å²) in [6.45, 7) is 6.71. The molecule has 0 saturated carbocycles. The Labute approximate surface area is 273 Å². The van der Waals surface area contributed by atoms with Crippen LogP contribution < -0.4 is 14.4 Å². The van der Waals surface area contributed by atoms with Crippen LogP contribution in [-0.2, 0) is 26.2 Å². The fourth-order valence-corrected chi connectivity index (χ4v) is 6.28. The van der Waals surface area contributed by atoms with Crippen LogP contribution in [0.4, 0.5) is 11.4 Å². The molecule has 0 aromatic heterocycles. The number of ether oxygens (including phenoxy) is 1. The van der Waals surface area contributed by atoms with Gasteiger partial charge in [-0.15, -0.1) is 0 Å². The van der Waals surface area contributed by atoms with Crippen molar-refractivity contribution in [3.63, 3.8) is 0 Å². The number of methoxy groups -OCH3 is 1. The number of hydrogen-bond acceptors (Lipinski definition) is 7. The Morgan fingerprint density at radius 2 is 1.69 bits per heavy atom. The molecule has 1 atom stereocenters. The van der Waals surface area contributed by atoms with Crippen LogP contribution in [0.15, 0.2) is 65.6 Å². The number of nitro benzene ring substituents is 1. The van der Waals surface area contributed by atoms with Gasteiger partial charge in [0.1, 0.15) is 18.3 Å². The number of sulfonamides is 1. The van der Waals surface area contributed by atoms with Crippen molar-refractivity contribution in [2.45, 2.75) is 51.6 Å². The van der Waals surface area contributed by atoms with Crippen molar-refractivity contribution in [1.29, 1.82) is 0 Å². The van der Waals surface area contributed by atoms with E-state index in [4.69, 9.17) is 27.9 Å². The van der Waals surface area contributed by atoms with E-state index in [0.29, 0.717) is 22.9 Å². The minimum absolute atomic E-state index is 0.0736. The molecule has 0 aliphatic rings. The van der Waals surface area contributed by atoms with E-state index in [9.17, 15) is 28.1 Å². The monoisotopic (exact) mass is 678 g/mol. The summed E-state index contributed by atoms with van der Waals surface area (Å²) < 4.78 is 34.3. The minimum Gasteiger partial charge on any atom is -0.497 e. The molecule has 2 amide bonds. The van der Waals surface area contributed by atoms with Crippen LogP contribution >= 0.6 is 23.2 Å². The van der Waals surface area contributed by atoms with Gasteiger partial charge in [0.15, 0.2) is 0 Å². The quantitative estimate of drug-likeness (QED) is 0.163. The van der Waals surface area contributed by atoms with E-state index in [1.165, 1.54) is 55.3 Å². The summed E-state index contributed by atoms with van der Waals surface area (Å²) in [5.41, 5.74) is 0.572. The normalized spacial score (nSPS) is 12.0. The van der Waals surface area contributed by atoms with Gasteiger partial charge in [0.2, 0.25) is 11.8 Å². The summed E-state index contributed by atoms with van der Waals surface area (Å²) >= 11 is 12.3. The fraction of sp³-hybridized carbons (Fsp3) is 0.355. The van der Waals surface area contributed by atoms with Gasteiger partial charge in [0.25, 0.3) is 15.7 Å². The summed E-state index contributed by atoms with van der Waals surface area (Å²) in [6, 6.07) is 13.4. The molecule has 0 heterocycles. The van der Waals surface area contributed by atoms with Crippen molar-refractivity contribution < 1.29 is 27.7 Å². The van der Waals surface area contributed by atoms with Gasteiger partial charge in [0, 0.05) is 24.7 Å². The summed E-state index contributed by atoms with van der Waals surface area (Å²) in [7, 11) is -3.08. The molecule has 0 saturated heterocycles. The summed E-state index contributed by atoms with van der Waals surface area (Å²) in [6.07, 6.45) is 0.233. The molecule has 3 rings (SSSR count). The van der Waals surface area contributed by atoms with Crippen LogP contribution in [0.3, 0.4) is 0 Å². The number of aryl methyl sites for hydroxylation is 1. The van der Waals surface area contributed by atoms with Gasteiger partial charge in [-0.1, -0.05) is 56.1 Å². The summed E-state index contributed by atoms with van der Waals surface area (Å²) in [5, 5.41) is 15.1. The molecule has 0 aliphatic carbocycles. The number of rotatable bonds is 14. The van der Waals surface area contributed by atoms with Crippen molar-refractivity contribution in [3.05, 3.63) is 92.0 Å². The van der Waals surface area contributed by atoms with E-state index >= 15 is 0 Å². The highest BCUT2D eigenvalue weighted by Crippen LogP contribution is 2.30. The Hall–Kier alpha value is -3.87. The lowest BCUT2D eigenvalue weighted by molar-refractivity contribution is -0.385. The number of nitrogens with one attached hydrogen (secondary N) is 1. The number of carbonyl (C=O) groups excluding carboxylic acids is 2. The predicted molar refractivity (Wildman–Crippen MR) is 174 cm³/mol. The SMILES string of the molecule is CC[C@@H](C(=O)NCC(C)C)N(Cc1ccc(Cl)c(Cl)c1)C(=O)CN(c1ccc(OC)cc1)S(=O)(=O)c1ccc(C)c([N+](=O)[O-])c1. The molecule has 0 aliphatic heterocycles. The van der Waals surface area contributed by atoms with Crippen molar-refractivity contribution in [2.75, 3.05) is 24.5 Å². The third-order valence-electron chi connectivity index (χ3n) is 7.01. The number of nitrogens with zero attached hydrogens (tertiary/aromatic N) is 3. The van der Waals surface area contributed by atoms with E-state index in [2.05, 4.69) is 5.32 Å². The molecule has 0 fully saturated rings. The molecule has 242 valence electrons. The Balaban J connectivity index is 2.12. The number of nitro groups is 1. The summed E-state index contributed by atoms with van der Waals surface area (Å²) in [5.74, 6) is -0.483. The van der Waals surface area contributed by atoms with Gasteiger partial charge < -0.3 is 15.0 Å². The Bertz CT molecular complexity index is 1650. The standard InChI is InChI=1S/C31H36Cl2N4O7S/c1-6-28(31(39)34-17-20(2)3)35(18-22-8-14-26(32)27(33)15-22)30(38)19-36(23-9-11-24(44-5)12-10-23)45(42,43)25-13-7-21(4)29(16-25)37(40)41/h7-16,20,28H,6,17-19H2,1-5H3,(H,34,39)/t28-/m0/s1. The first-order chi connectivity index (χ1) is 21.2. The maximum Gasteiger partial charge on any atom is 0.273 e. The maximum absolute atomic E-state index is 14.2. The van der Waals surface area contributed by atoms with Crippen molar-refractivity contribution >= 4 is 56.4 Å². The van der Waals surface area contributed by atoms with E-state index < -0.39 is 39.3 Å². The fourth-order valence-electron chi connectivity index (χ4n) is 4.53. The molecule has 11 nitrogen and oxygen atoms in total. The highest BCUT2D eigenvalue weighted by Gasteiger charge is 2.34. The van der Waals surface area contributed by atoms with E-state index in [1.54, 1.807) is 25.1 Å². The molecule has 0 unspecified atom stereocenters. The number of amides is 2. The largest absolute Gasteiger partial charge is 0.497 e. The molecule has 3 aromatic rings. The second-order valence-electron chi connectivity index (χ2n) is 10.7. The molecular formula is C31H36Cl2N4O7S. The Kier molecular flexibility index (Phi) is 12.2. The average Bonchev–Trinajstić information content (AvgIpc) is 3.00. The van der Waals surface area contributed by atoms with Gasteiger partial charge in [-0.3, -0.25) is 24.0 Å². The first-order valence-electron chi connectivity index (χ1n) is 14.1. The Morgan fingerprint density at radius 3 is 2.24 bits per heavy atom. The third kappa shape index (κ3) is 8.86. The lowest BCUT2D eigenvalue weighted by Gasteiger charge is -2.33. The van der Waals surface area contributed by atoms with Crippen LogP contribution in [0.5, 0.6) is 5.75 Å².